The Balaban J connectivity index is 0.924. The highest BCUT2D eigenvalue weighted by Crippen LogP contribution is 2.30. The summed E-state index contributed by atoms with van der Waals surface area (Å²) in [6, 6.07) is 35.3. The van der Waals surface area contributed by atoms with E-state index in [4.69, 9.17) is 0 Å². The van der Waals surface area contributed by atoms with Crippen molar-refractivity contribution in [2.75, 3.05) is 40.3 Å². The van der Waals surface area contributed by atoms with Crippen LogP contribution in [0.1, 0.15) is 25.7 Å². The molecule has 4 heteroatoms. The number of hydrogen-bond acceptors (Lipinski definition) is 2. The summed E-state index contributed by atoms with van der Waals surface area (Å²) in [4.78, 5) is 5.00. The summed E-state index contributed by atoms with van der Waals surface area (Å²) in [6.45, 7) is 6.70. The van der Waals surface area contributed by atoms with Crippen molar-refractivity contribution in [2.45, 2.75) is 38.8 Å². The third-order valence-electron chi connectivity index (χ3n) is 8.57. The fourth-order valence-corrected chi connectivity index (χ4v) is 6.36. The Morgan fingerprint density at radius 2 is 0.700 bits per heavy atom. The molecule has 6 rings (SSSR count). The van der Waals surface area contributed by atoms with Crippen molar-refractivity contribution >= 4 is 43.6 Å². The van der Waals surface area contributed by atoms with Crippen molar-refractivity contribution < 1.29 is 0 Å². The van der Waals surface area contributed by atoms with Gasteiger partial charge in [-0.05, 0) is 77.1 Å². The third-order valence-corrected chi connectivity index (χ3v) is 8.57. The van der Waals surface area contributed by atoms with Crippen molar-refractivity contribution in [1.29, 1.82) is 0 Å². The van der Waals surface area contributed by atoms with E-state index in [0.29, 0.717) is 0 Å². The summed E-state index contributed by atoms with van der Waals surface area (Å²) < 4.78 is 5.02. The molecular weight excluding hydrogens is 488 g/mol. The second-order valence-corrected chi connectivity index (χ2v) is 11.4. The first-order chi connectivity index (χ1) is 19.7. The van der Waals surface area contributed by atoms with Crippen LogP contribution in [0.15, 0.2) is 97.1 Å². The summed E-state index contributed by atoms with van der Waals surface area (Å²) in [6.07, 6.45) is 4.84. The zero-order valence-corrected chi connectivity index (χ0v) is 24.1. The van der Waals surface area contributed by atoms with Crippen LogP contribution >= 0.6 is 0 Å². The predicted octanol–water partition coefficient (Wildman–Crippen LogP) is 8.03. The second-order valence-electron chi connectivity index (χ2n) is 11.4. The highest BCUT2D eigenvalue weighted by atomic mass is 15.2. The average Bonchev–Trinajstić information content (AvgIpc) is 3.49. The first-order valence-electron chi connectivity index (χ1n) is 15.0. The molecule has 0 N–H and O–H groups in total. The Morgan fingerprint density at radius 1 is 0.400 bits per heavy atom. The number of hydrogen-bond donors (Lipinski definition) is 0. The standard InChI is InChI=1S/C36H42N4/c1-37(23-11-13-25-39-33-19-7-3-15-29(33)30-16-4-8-20-34(30)39)27-28-38(2)24-12-14-26-40-35-21-9-5-17-31(35)32-18-6-10-22-36(32)40/h3-10,15-22H,11-14,23-28H2,1-2H3. The number of likely N-dealkylation sites (N-methyl/N-ethyl adjacent to an activating group) is 2. The van der Waals surface area contributed by atoms with Crippen molar-refractivity contribution in [3.8, 4) is 0 Å². The van der Waals surface area contributed by atoms with Crippen LogP contribution in [-0.4, -0.2) is 59.2 Å². The number of nitrogens with zero attached hydrogens (tertiary/aromatic N) is 4. The van der Waals surface area contributed by atoms with Gasteiger partial charge in [0.25, 0.3) is 0 Å². The molecule has 0 saturated carbocycles. The molecule has 0 amide bonds. The second kappa shape index (κ2) is 12.3. The minimum Gasteiger partial charge on any atom is -0.340 e. The van der Waals surface area contributed by atoms with Crippen LogP contribution < -0.4 is 0 Å². The van der Waals surface area contributed by atoms with Gasteiger partial charge in [0.1, 0.15) is 0 Å². The maximum atomic E-state index is 2.51. The van der Waals surface area contributed by atoms with Crippen LogP contribution in [0.4, 0.5) is 0 Å². The number of aromatic nitrogens is 2. The van der Waals surface area contributed by atoms with Gasteiger partial charge in [0.15, 0.2) is 0 Å². The number of aryl methyl sites for hydroxylation is 2. The number of unbranched alkanes of at least 4 members (excludes halogenated alkanes) is 2. The molecule has 0 atom stereocenters. The van der Waals surface area contributed by atoms with Crippen LogP contribution in [0.5, 0.6) is 0 Å². The summed E-state index contributed by atoms with van der Waals surface area (Å²) in [5.74, 6) is 0. The third kappa shape index (κ3) is 5.52. The van der Waals surface area contributed by atoms with Gasteiger partial charge >= 0.3 is 0 Å². The van der Waals surface area contributed by atoms with E-state index in [0.717, 1.165) is 39.3 Å². The van der Waals surface area contributed by atoms with Crippen molar-refractivity contribution in [3.05, 3.63) is 97.1 Å². The first-order valence-corrected chi connectivity index (χ1v) is 15.0. The van der Waals surface area contributed by atoms with E-state index in [2.05, 4.69) is 130 Å². The van der Waals surface area contributed by atoms with Crippen LogP contribution in [0.3, 0.4) is 0 Å². The molecule has 0 unspecified atom stereocenters. The molecule has 0 aliphatic rings. The quantitative estimate of drug-likeness (QED) is 0.141. The SMILES string of the molecule is CN(CCCCn1c2ccccc2c2ccccc21)CCN(C)CCCCn1c2ccccc2c2ccccc21. The summed E-state index contributed by atoms with van der Waals surface area (Å²) in [5.41, 5.74) is 5.43. The lowest BCUT2D eigenvalue weighted by Gasteiger charge is -2.22. The fraction of sp³-hybridized carbons (Fsp3) is 0.333. The number of rotatable bonds is 13. The van der Waals surface area contributed by atoms with E-state index in [1.165, 1.54) is 69.3 Å². The molecule has 40 heavy (non-hydrogen) atoms. The molecule has 0 aliphatic heterocycles. The van der Waals surface area contributed by atoms with E-state index in [9.17, 15) is 0 Å². The molecular formula is C36H42N4. The van der Waals surface area contributed by atoms with Gasteiger partial charge in [-0.25, -0.2) is 0 Å². The average molecular weight is 531 g/mol. The lowest BCUT2D eigenvalue weighted by atomic mass is 10.2. The fourth-order valence-electron chi connectivity index (χ4n) is 6.36. The maximum absolute atomic E-state index is 2.51. The Morgan fingerprint density at radius 3 is 1.02 bits per heavy atom. The monoisotopic (exact) mass is 530 g/mol. The van der Waals surface area contributed by atoms with Crippen molar-refractivity contribution in [1.82, 2.24) is 18.9 Å². The molecule has 206 valence electrons. The largest absolute Gasteiger partial charge is 0.340 e. The first kappa shape index (κ1) is 26.6. The molecule has 0 aliphatic carbocycles. The van der Waals surface area contributed by atoms with Crippen LogP contribution in [0.2, 0.25) is 0 Å². The molecule has 0 radical (unpaired) electrons. The van der Waals surface area contributed by atoms with Gasteiger partial charge in [0.05, 0.1) is 0 Å². The molecule has 0 fully saturated rings. The van der Waals surface area contributed by atoms with Crippen molar-refractivity contribution in [3.63, 3.8) is 0 Å². The lowest BCUT2D eigenvalue weighted by molar-refractivity contribution is 0.249. The highest BCUT2D eigenvalue weighted by Gasteiger charge is 2.11. The van der Waals surface area contributed by atoms with Crippen LogP contribution in [0, 0.1) is 0 Å². The zero-order chi connectivity index (χ0) is 27.3. The highest BCUT2D eigenvalue weighted by molar-refractivity contribution is 6.08. The summed E-state index contributed by atoms with van der Waals surface area (Å²) in [5, 5.41) is 5.48. The normalized spacial score (nSPS) is 12.2. The van der Waals surface area contributed by atoms with E-state index >= 15 is 0 Å². The predicted molar refractivity (Wildman–Crippen MR) is 172 cm³/mol. The van der Waals surface area contributed by atoms with Crippen LogP contribution in [0.25, 0.3) is 43.6 Å². The Hall–Kier alpha value is -3.60. The topological polar surface area (TPSA) is 16.3 Å². The van der Waals surface area contributed by atoms with Crippen LogP contribution in [-0.2, 0) is 13.1 Å². The van der Waals surface area contributed by atoms with Gasteiger partial charge in [0.2, 0.25) is 0 Å². The molecule has 2 heterocycles. The maximum Gasteiger partial charge on any atom is 0.0491 e. The number of para-hydroxylation sites is 4. The number of fused-ring (bicyclic) bond motifs is 6. The molecule has 0 spiro atoms. The number of benzene rings is 4. The summed E-state index contributed by atoms with van der Waals surface area (Å²) in [7, 11) is 4.55. The van der Waals surface area contributed by atoms with E-state index in [1.807, 2.05) is 0 Å². The van der Waals surface area contributed by atoms with Gasteiger partial charge in [-0.2, -0.15) is 0 Å². The van der Waals surface area contributed by atoms with Gasteiger partial charge < -0.3 is 18.9 Å². The lowest BCUT2D eigenvalue weighted by Crippen LogP contribution is -2.32. The van der Waals surface area contributed by atoms with E-state index < -0.39 is 0 Å². The van der Waals surface area contributed by atoms with Gasteiger partial charge in [-0.1, -0.05) is 72.8 Å². The summed E-state index contributed by atoms with van der Waals surface area (Å²) >= 11 is 0. The Bertz CT molecular complexity index is 1470. The molecule has 0 saturated heterocycles. The van der Waals surface area contributed by atoms with Crippen molar-refractivity contribution in [2.24, 2.45) is 0 Å². The molecule has 4 nitrogen and oxygen atoms in total. The van der Waals surface area contributed by atoms with Gasteiger partial charge in [-0.15, -0.1) is 0 Å². The van der Waals surface area contributed by atoms with Gasteiger partial charge in [0, 0.05) is 69.8 Å². The molecule has 0 bridgehead atoms. The smallest absolute Gasteiger partial charge is 0.0491 e. The molecule has 4 aromatic carbocycles. The Kier molecular flexibility index (Phi) is 8.17. The van der Waals surface area contributed by atoms with E-state index in [-0.39, 0.29) is 0 Å². The molecule has 2 aromatic heterocycles. The zero-order valence-electron chi connectivity index (χ0n) is 24.1. The minimum absolute atomic E-state index is 1.08. The van der Waals surface area contributed by atoms with E-state index in [1.54, 1.807) is 0 Å². The van der Waals surface area contributed by atoms with Gasteiger partial charge in [-0.3, -0.25) is 0 Å². The Labute approximate surface area is 238 Å². The minimum atomic E-state index is 1.08. The molecule has 6 aromatic rings.